The number of hydrogen-bond donors (Lipinski definition) is 1. The van der Waals surface area contributed by atoms with Gasteiger partial charge >= 0.3 is 0 Å². The van der Waals surface area contributed by atoms with Crippen molar-refractivity contribution in [1.82, 2.24) is 9.71 Å². The van der Waals surface area contributed by atoms with E-state index in [2.05, 4.69) is 9.71 Å². The first-order valence-electron chi connectivity index (χ1n) is 6.06. The minimum atomic E-state index is -3.83. The van der Waals surface area contributed by atoms with Crippen LogP contribution < -0.4 is 4.72 Å². The molecule has 1 aromatic carbocycles. The molecule has 0 aliphatic carbocycles. The van der Waals surface area contributed by atoms with Gasteiger partial charge in [0.15, 0.2) is 0 Å². The number of hydrogen-bond acceptors (Lipinski definition) is 4. The van der Waals surface area contributed by atoms with Crippen LogP contribution in [0.1, 0.15) is 24.1 Å². The molecule has 0 radical (unpaired) electrons. The van der Waals surface area contributed by atoms with Crippen molar-refractivity contribution in [1.29, 1.82) is 5.26 Å². The van der Waals surface area contributed by atoms with Gasteiger partial charge in [0.1, 0.15) is 4.90 Å². The van der Waals surface area contributed by atoms with Gasteiger partial charge in [-0.2, -0.15) is 5.26 Å². The summed E-state index contributed by atoms with van der Waals surface area (Å²) >= 11 is 5.93. The van der Waals surface area contributed by atoms with Crippen LogP contribution in [0.25, 0.3) is 0 Å². The molecule has 7 heteroatoms. The molecule has 1 N–H and O–H groups in total. The molecule has 2 aromatic rings. The lowest BCUT2D eigenvalue weighted by Crippen LogP contribution is -2.27. The van der Waals surface area contributed by atoms with Gasteiger partial charge < -0.3 is 0 Å². The van der Waals surface area contributed by atoms with E-state index >= 15 is 0 Å². The third-order valence-electron chi connectivity index (χ3n) is 2.87. The zero-order chi connectivity index (χ0) is 15.5. The molecule has 5 nitrogen and oxygen atoms in total. The number of halogens is 1. The van der Waals surface area contributed by atoms with Crippen molar-refractivity contribution in [2.45, 2.75) is 17.9 Å². The number of pyridine rings is 1. The first-order chi connectivity index (χ1) is 9.94. The molecule has 0 aliphatic rings. The van der Waals surface area contributed by atoms with Gasteiger partial charge in [0.05, 0.1) is 16.7 Å². The predicted molar refractivity (Wildman–Crippen MR) is 79.1 cm³/mol. The van der Waals surface area contributed by atoms with E-state index < -0.39 is 16.1 Å². The Bertz CT molecular complexity index is 786. The highest BCUT2D eigenvalue weighted by Gasteiger charge is 2.21. The summed E-state index contributed by atoms with van der Waals surface area (Å²) in [7, 11) is -3.83. The number of rotatable bonds is 4. The average Bonchev–Trinajstić information content (AvgIpc) is 2.48. The maximum absolute atomic E-state index is 12.4. The predicted octanol–water partition coefficient (Wildman–Crippen LogP) is 2.65. The fourth-order valence-corrected chi connectivity index (χ4v) is 3.53. The van der Waals surface area contributed by atoms with Crippen molar-refractivity contribution in [3.05, 3.63) is 58.9 Å². The first-order valence-corrected chi connectivity index (χ1v) is 7.92. The lowest BCUT2D eigenvalue weighted by Gasteiger charge is -2.15. The van der Waals surface area contributed by atoms with Crippen LogP contribution in [0.5, 0.6) is 0 Å². The highest BCUT2D eigenvalue weighted by molar-refractivity contribution is 7.89. The monoisotopic (exact) mass is 321 g/mol. The quantitative estimate of drug-likeness (QED) is 0.938. The Morgan fingerprint density at radius 3 is 2.76 bits per heavy atom. The molecule has 0 fully saturated rings. The van der Waals surface area contributed by atoms with Gasteiger partial charge in [-0.25, -0.2) is 13.1 Å². The molecule has 1 atom stereocenters. The van der Waals surface area contributed by atoms with Crippen LogP contribution in [0.3, 0.4) is 0 Å². The maximum atomic E-state index is 12.4. The van der Waals surface area contributed by atoms with Gasteiger partial charge in [-0.05, 0) is 36.8 Å². The number of benzene rings is 1. The standard InChI is InChI=1S/C14H12ClN3O2S/c1-10(12-3-2-6-17-9-12)18-21(19,20)14-7-11(8-16)4-5-13(14)15/h2-7,9-10,18H,1H3. The summed E-state index contributed by atoms with van der Waals surface area (Å²) in [5, 5.41) is 8.93. The number of nitrogens with one attached hydrogen (secondary N) is 1. The van der Waals surface area contributed by atoms with Crippen LogP contribution in [0.2, 0.25) is 5.02 Å². The van der Waals surface area contributed by atoms with E-state index in [-0.39, 0.29) is 15.5 Å². The molecule has 21 heavy (non-hydrogen) atoms. The number of sulfonamides is 1. The molecular weight excluding hydrogens is 310 g/mol. The number of nitriles is 1. The zero-order valence-electron chi connectivity index (χ0n) is 11.1. The Balaban J connectivity index is 2.33. The first kappa shape index (κ1) is 15.4. The molecule has 0 bridgehead atoms. The van der Waals surface area contributed by atoms with Crippen molar-refractivity contribution < 1.29 is 8.42 Å². The van der Waals surface area contributed by atoms with Gasteiger partial charge in [-0.3, -0.25) is 4.98 Å². The molecule has 2 rings (SSSR count). The molecule has 0 amide bonds. The fourth-order valence-electron chi connectivity index (χ4n) is 1.78. The van der Waals surface area contributed by atoms with Crippen molar-refractivity contribution >= 4 is 21.6 Å². The fraction of sp³-hybridized carbons (Fsp3) is 0.143. The van der Waals surface area contributed by atoms with Crippen LogP contribution >= 0.6 is 11.6 Å². The van der Waals surface area contributed by atoms with Crippen molar-refractivity contribution in [2.75, 3.05) is 0 Å². The topological polar surface area (TPSA) is 82.9 Å². The average molecular weight is 322 g/mol. The summed E-state index contributed by atoms with van der Waals surface area (Å²) < 4.78 is 27.3. The van der Waals surface area contributed by atoms with E-state index in [1.54, 1.807) is 31.5 Å². The Kier molecular flexibility index (Phi) is 4.58. The lowest BCUT2D eigenvalue weighted by molar-refractivity contribution is 0.566. The van der Waals surface area contributed by atoms with E-state index in [1.165, 1.54) is 18.2 Å². The number of aromatic nitrogens is 1. The summed E-state index contributed by atoms with van der Waals surface area (Å²) in [4.78, 5) is 3.84. The normalized spacial score (nSPS) is 12.6. The summed E-state index contributed by atoms with van der Waals surface area (Å²) in [6, 6.07) is 9.03. The van der Waals surface area contributed by atoms with E-state index in [4.69, 9.17) is 16.9 Å². The second-order valence-corrected chi connectivity index (χ2v) is 6.48. The van der Waals surface area contributed by atoms with Crippen LogP contribution in [0.4, 0.5) is 0 Å². The van der Waals surface area contributed by atoms with E-state index in [0.717, 1.165) is 5.56 Å². The summed E-state index contributed by atoms with van der Waals surface area (Å²) in [5.74, 6) is 0. The van der Waals surface area contributed by atoms with Gasteiger partial charge in [-0.15, -0.1) is 0 Å². The van der Waals surface area contributed by atoms with Crippen molar-refractivity contribution in [2.24, 2.45) is 0 Å². The van der Waals surface area contributed by atoms with Crippen molar-refractivity contribution in [3.63, 3.8) is 0 Å². The van der Waals surface area contributed by atoms with Crippen LogP contribution in [0.15, 0.2) is 47.6 Å². The second-order valence-electron chi connectivity index (χ2n) is 4.39. The molecular formula is C14H12ClN3O2S. The molecule has 0 aliphatic heterocycles. The minimum Gasteiger partial charge on any atom is -0.264 e. The third-order valence-corrected chi connectivity index (χ3v) is 4.89. The molecule has 108 valence electrons. The van der Waals surface area contributed by atoms with Crippen LogP contribution in [0, 0.1) is 11.3 Å². The molecule has 0 saturated carbocycles. The SMILES string of the molecule is CC(NS(=O)(=O)c1cc(C#N)ccc1Cl)c1cccnc1. The molecule has 1 unspecified atom stereocenters. The molecule has 0 saturated heterocycles. The van der Waals surface area contributed by atoms with E-state index in [9.17, 15) is 8.42 Å². The van der Waals surface area contributed by atoms with Crippen LogP contribution in [-0.4, -0.2) is 13.4 Å². The highest BCUT2D eigenvalue weighted by atomic mass is 35.5. The summed E-state index contributed by atoms with van der Waals surface area (Å²) in [6.45, 7) is 1.70. The zero-order valence-corrected chi connectivity index (χ0v) is 12.7. The largest absolute Gasteiger partial charge is 0.264 e. The molecule has 1 heterocycles. The third kappa shape index (κ3) is 3.58. The second kappa shape index (κ2) is 6.22. The van der Waals surface area contributed by atoms with E-state index in [1.807, 2.05) is 6.07 Å². The van der Waals surface area contributed by atoms with Gasteiger partial charge in [-0.1, -0.05) is 17.7 Å². The molecule has 1 aromatic heterocycles. The van der Waals surface area contributed by atoms with E-state index in [0.29, 0.717) is 0 Å². The number of nitrogens with zero attached hydrogens (tertiary/aromatic N) is 2. The van der Waals surface area contributed by atoms with Gasteiger partial charge in [0, 0.05) is 18.4 Å². The smallest absolute Gasteiger partial charge is 0.242 e. The Morgan fingerprint density at radius 2 is 2.14 bits per heavy atom. The van der Waals surface area contributed by atoms with Gasteiger partial charge in [0.2, 0.25) is 10.0 Å². The Morgan fingerprint density at radius 1 is 1.38 bits per heavy atom. The minimum absolute atomic E-state index is 0.0693. The molecule has 0 spiro atoms. The highest BCUT2D eigenvalue weighted by Crippen LogP contribution is 2.24. The summed E-state index contributed by atoms with van der Waals surface area (Å²) in [5.41, 5.74) is 0.961. The van der Waals surface area contributed by atoms with Gasteiger partial charge in [0.25, 0.3) is 0 Å². The Hall–Kier alpha value is -1.94. The van der Waals surface area contributed by atoms with Crippen LogP contribution in [-0.2, 0) is 10.0 Å². The summed E-state index contributed by atoms with van der Waals surface area (Å²) in [6.07, 6.45) is 3.19. The Labute approximate surface area is 128 Å². The van der Waals surface area contributed by atoms with Crippen molar-refractivity contribution in [3.8, 4) is 6.07 Å². The maximum Gasteiger partial charge on any atom is 0.242 e. The lowest BCUT2D eigenvalue weighted by atomic mass is 10.2.